The predicted octanol–water partition coefficient (Wildman–Crippen LogP) is 2.00. The highest BCUT2D eigenvalue weighted by Gasteiger charge is 2.24. The van der Waals surface area contributed by atoms with E-state index in [2.05, 4.69) is 10.2 Å². The number of ether oxygens (including phenoxy) is 2. The minimum Gasteiger partial charge on any atom is -0.497 e. The Morgan fingerprint density at radius 3 is 2.30 bits per heavy atom. The number of amides is 3. The van der Waals surface area contributed by atoms with E-state index >= 15 is 0 Å². The van der Waals surface area contributed by atoms with E-state index in [0.29, 0.717) is 26.2 Å². The third kappa shape index (κ3) is 6.61. The number of nitrogens with two attached hydrogens (primary N) is 1. The van der Waals surface area contributed by atoms with Crippen molar-refractivity contribution in [3.05, 3.63) is 59.7 Å². The normalized spacial score (nSPS) is 14.4. The van der Waals surface area contributed by atoms with E-state index in [1.165, 1.54) is 0 Å². The van der Waals surface area contributed by atoms with Crippen molar-refractivity contribution in [2.45, 2.75) is 19.4 Å². The van der Waals surface area contributed by atoms with Gasteiger partial charge in [-0.25, -0.2) is 4.79 Å². The predicted molar refractivity (Wildman–Crippen MR) is 124 cm³/mol. The van der Waals surface area contributed by atoms with E-state index in [9.17, 15) is 14.4 Å². The van der Waals surface area contributed by atoms with E-state index in [1.807, 2.05) is 55.5 Å². The van der Waals surface area contributed by atoms with Gasteiger partial charge in [0, 0.05) is 31.9 Å². The Hall–Kier alpha value is -3.75. The summed E-state index contributed by atoms with van der Waals surface area (Å²) >= 11 is 0. The first-order valence-electron chi connectivity index (χ1n) is 10.8. The minimum absolute atomic E-state index is 0.119. The van der Waals surface area contributed by atoms with Crippen molar-refractivity contribution in [1.82, 2.24) is 10.2 Å². The molecule has 0 aromatic heterocycles. The fourth-order valence-corrected chi connectivity index (χ4v) is 3.85. The number of aryl methyl sites for hydroxylation is 1. The first-order valence-corrected chi connectivity index (χ1v) is 10.8. The molecule has 2 aromatic carbocycles. The third-order valence-electron chi connectivity index (χ3n) is 5.68. The zero-order valence-electron chi connectivity index (χ0n) is 19.0. The molecule has 1 aliphatic heterocycles. The van der Waals surface area contributed by atoms with E-state index in [4.69, 9.17) is 15.2 Å². The van der Waals surface area contributed by atoms with Crippen LogP contribution in [0.2, 0.25) is 0 Å². The van der Waals surface area contributed by atoms with Crippen LogP contribution in [0.5, 0.6) is 5.75 Å². The lowest BCUT2D eigenvalue weighted by molar-refractivity contribution is -0.152. The number of esters is 1. The highest BCUT2D eigenvalue weighted by atomic mass is 16.5. The Labute approximate surface area is 193 Å². The summed E-state index contributed by atoms with van der Waals surface area (Å²) in [5.41, 5.74) is 8.02. The van der Waals surface area contributed by atoms with Crippen LogP contribution >= 0.6 is 0 Å². The second kappa shape index (κ2) is 11.2. The topological polar surface area (TPSA) is 114 Å². The number of piperazine rings is 1. The molecular weight excluding hydrogens is 424 g/mol. The molecule has 2 aromatic rings. The van der Waals surface area contributed by atoms with E-state index in [0.717, 1.165) is 22.6 Å². The maximum Gasteiger partial charge on any atom is 0.312 e. The van der Waals surface area contributed by atoms with Gasteiger partial charge in [-0.05, 0) is 42.3 Å². The van der Waals surface area contributed by atoms with Gasteiger partial charge in [0.1, 0.15) is 5.75 Å². The van der Waals surface area contributed by atoms with Gasteiger partial charge in [-0.15, -0.1) is 0 Å². The van der Waals surface area contributed by atoms with Crippen LogP contribution in [0.4, 0.5) is 10.5 Å². The Morgan fingerprint density at radius 1 is 1.03 bits per heavy atom. The molecule has 1 unspecified atom stereocenters. The number of nitrogens with one attached hydrogen (secondary N) is 1. The second-order valence-corrected chi connectivity index (χ2v) is 7.85. The highest BCUT2D eigenvalue weighted by Crippen LogP contribution is 2.22. The van der Waals surface area contributed by atoms with Crippen molar-refractivity contribution >= 4 is 23.6 Å². The van der Waals surface area contributed by atoms with Crippen molar-refractivity contribution in [3.63, 3.8) is 0 Å². The summed E-state index contributed by atoms with van der Waals surface area (Å²) in [4.78, 5) is 40.2. The minimum atomic E-state index is -0.734. The van der Waals surface area contributed by atoms with Crippen molar-refractivity contribution < 1.29 is 23.9 Å². The molecule has 0 aliphatic carbocycles. The van der Waals surface area contributed by atoms with Crippen LogP contribution in [-0.4, -0.2) is 62.7 Å². The Morgan fingerprint density at radius 2 is 1.70 bits per heavy atom. The molecule has 0 spiro atoms. The Balaban J connectivity index is 1.48. The maximum absolute atomic E-state index is 12.5. The number of nitrogens with zero attached hydrogens (tertiary/aromatic N) is 2. The molecular formula is C24H30N4O5. The average Bonchev–Trinajstić information content (AvgIpc) is 2.82. The van der Waals surface area contributed by atoms with Crippen LogP contribution < -0.4 is 20.7 Å². The monoisotopic (exact) mass is 454 g/mol. The van der Waals surface area contributed by atoms with E-state index in [-0.39, 0.29) is 18.9 Å². The fourth-order valence-electron chi connectivity index (χ4n) is 3.85. The number of rotatable bonds is 8. The average molecular weight is 455 g/mol. The van der Waals surface area contributed by atoms with Crippen LogP contribution in [0.1, 0.15) is 23.6 Å². The Kier molecular flexibility index (Phi) is 8.12. The lowest BCUT2D eigenvalue weighted by atomic mass is 9.99. The smallest absolute Gasteiger partial charge is 0.312 e. The summed E-state index contributed by atoms with van der Waals surface area (Å²) < 4.78 is 10.4. The Bertz CT molecular complexity index is 971. The van der Waals surface area contributed by atoms with Crippen molar-refractivity contribution in [1.29, 1.82) is 0 Å². The summed E-state index contributed by atoms with van der Waals surface area (Å²) in [5.74, 6) is -0.0275. The van der Waals surface area contributed by atoms with Crippen molar-refractivity contribution in [2.75, 3.05) is 44.8 Å². The summed E-state index contributed by atoms with van der Waals surface area (Å²) in [6.45, 7) is 3.99. The molecule has 1 heterocycles. The molecule has 3 rings (SSSR count). The van der Waals surface area contributed by atoms with Crippen molar-refractivity contribution in [3.8, 4) is 5.75 Å². The SMILES string of the molecule is COc1ccc(N2CCN(C(=O)COC(=O)CC(NC(N)=O)c3ccccc3C)CC2)cc1. The van der Waals surface area contributed by atoms with E-state index in [1.54, 1.807) is 12.0 Å². The lowest BCUT2D eigenvalue weighted by Crippen LogP contribution is -2.50. The van der Waals surface area contributed by atoms with Crippen LogP contribution in [-0.2, 0) is 14.3 Å². The number of benzene rings is 2. The third-order valence-corrected chi connectivity index (χ3v) is 5.68. The molecule has 1 fully saturated rings. The zero-order chi connectivity index (χ0) is 23.8. The number of hydrogen-bond donors (Lipinski definition) is 2. The van der Waals surface area contributed by atoms with Gasteiger partial charge in [0.2, 0.25) is 0 Å². The van der Waals surface area contributed by atoms with Gasteiger partial charge in [-0.3, -0.25) is 9.59 Å². The molecule has 1 atom stereocenters. The maximum atomic E-state index is 12.5. The molecule has 9 nitrogen and oxygen atoms in total. The molecule has 3 N–H and O–H groups in total. The molecule has 1 aliphatic rings. The summed E-state index contributed by atoms with van der Waals surface area (Å²) in [6, 6.07) is 13.8. The van der Waals surface area contributed by atoms with Crippen LogP contribution in [0.15, 0.2) is 48.5 Å². The largest absolute Gasteiger partial charge is 0.497 e. The van der Waals surface area contributed by atoms with Gasteiger partial charge in [0.15, 0.2) is 6.61 Å². The van der Waals surface area contributed by atoms with Gasteiger partial charge >= 0.3 is 12.0 Å². The van der Waals surface area contributed by atoms with Gasteiger partial charge in [-0.2, -0.15) is 0 Å². The number of anilines is 1. The van der Waals surface area contributed by atoms with Crippen LogP contribution in [0.3, 0.4) is 0 Å². The van der Waals surface area contributed by atoms with Gasteiger partial charge in [-0.1, -0.05) is 24.3 Å². The second-order valence-electron chi connectivity index (χ2n) is 7.85. The number of hydrogen-bond acceptors (Lipinski definition) is 6. The number of primary amides is 1. The number of methoxy groups -OCH3 is 1. The molecule has 0 radical (unpaired) electrons. The fraction of sp³-hybridized carbons (Fsp3) is 0.375. The molecule has 176 valence electrons. The summed E-state index contributed by atoms with van der Waals surface area (Å²) in [7, 11) is 1.63. The molecule has 9 heteroatoms. The standard InChI is InChI=1S/C24H30N4O5/c1-17-5-3-4-6-20(17)21(26-24(25)31)15-23(30)33-16-22(29)28-13-11-27(12-14-28)18-7-9-19(32-2)10-8-18/h3-10,21H,11-16H2,1-2H3,(H3,25,26,31). The van der Waals surface area contributed by atoms with Crippen LogP contribution in [0, 0.1) is 6.92 Å². The van der Waals surface area contributed by atoms with Crippen LogP contribution in [0.25, 0.3) is 0 Å². The number of carbonyl (C=O) groups is 3. The van der Waals surface area contributed by atoms with Gasteiger partial charge in [0.25, 0.3) is 5.91 Å². The number of carbonyl (C=O) groups excluding carboxylic acids is 3. The quantitative estimate of drug-likeness (QED) is 0.590. The highest BCUT2D eigenvalue weighted by molar-refractivity contribution is 5.81. The first-order chi connectivity index (χ1) is 15.9. The zero-order valence-corrected chi connectivity index (χ0v) is 19.0. The molecule has 0 bridgehead atoms. The summed E-state index contributed by atoms with van der Waals surface area (Å²) in [6.07, 6.45) is -0.119. The molecule has 1 saturated heterocycles. The molecule has 33 heavy (non-hydrogen) atoms. The van der Waals surface area contributed by atoms with Crippen molar-refractivity contribution in [2.24, 2.45) is 5.73 Å². The van der Waals surface area contributed by atoms with E-state index < -0.39 is 18.0 Å². The molecule has 0 saturated carbocycles. The lowest BCUT2D eigenvalue weighted by Gasteiger charge is -2.36. The first kappa shape index (κ1) is 23.9. The van der Waals surface area contributed by atoms with Gasteiger partial charge in [0.05, 0.1) is 19.6 Å². The molecule has 3 amide bonds. The van der Waals surface area contributed by atoms with Gasteiger partial charge < -0.3 is 30.3 Å². The number of urea groups is 1. The summed E-state index contributed by atoms with van der Waals surface area (Å²) in [5, 5.41) is 2.58.